The molecule has 0 N–H and O–H groups in total. The van der Waals surface area contributed by atoms with Crippen LogP contribution in [0.25, 0.3) is 0 Å². The van der Waals surface area contributed by atoms with Crippen LogP contribution in [0.5, 0.6) is 0 Å². The van der Waals surface area contributed by atoms with Crippen molar-refractivity contribution in [2.75, 3.05) is 18.0 Å². The summed E-state index contributed by atoms with van der Waals surface area (Å²) < 4.78 is 0. The highest BCUT2D eigenvalue weighted by Crippen LogP contribution is 2.30. The fourth-order valence-electron chi connectivity index (χ4n) is 1.81. The molecular weight excluding hydrogens is 232 g/mol. The Morgan fingerprint density at radius 3 is 3.00 bits per heavy atom. The molecule has 0 saturated heterocycles. The fourth-order valence-corrected chi connectivity index (χ4v) is 1.97. The molecule has 0 fully saturated rings. The Balaban J connectivity index is 2.25. The molecule has 1 aromatic carbocycles. The lowest BCUT2D eigenvalue weighted by Gasteiger charge is -2.14. The van der Waals surface area contributed by atoms with E-state index in [4.69, 9.17) is 11.6 Å². The number of benzene rings is 1. The van der Waals surface area contributed by atoms with Gasteiger partial charge in [-0.3, -0.25) is 14.9 Å². The normalized spacial score (nSPS) is 13.7. The third kappa shape index (κ3) is 1.99. The number of hydrogen-bond acceptors (Lipinski definition) is 3. The second-order valence-electron chi connectivity index (χ2n) is 3.56. The Hall–Kier alpha value is -1.62. The summed E-state index contributed by atoms with van der Waals surface area (Å²) in [7, 11) is 0. The summed E-state index contributed by atoms with van der Waals surface area (Å²) in [6.45, 7) is -0.186. The molecule has 0 radical (unpaired) electrons. The summed E-state index contributed by atoms with van der Waals surface area (Å²) in [6, 6.07) is 5.26. The average molecular weight is 241 g/mol. The molecule has 0 saturated carbocycles. The molecule has 0 unspecified atom stereocenters. The van der Waals surface area contributed by atoms with E-state index in [9.17, 15) is 14.9 Å². The number of fused-ring (bicyclic) bond motifs is 1. The minimum absolute atomic E-state index is 0.488. The van der Waals surface area contributed by atoms with Crippen LogP contribution in [-0.4, -0.2) is 23.9 Å². The van der Waals surface area contributed by atoms with Gasteiger partial charge < -0.3 is 4.90 Å². The summed E-state index contributed by atoms with van der Waals surface area (Å²) >= 11 is 5.83. The maximum absolute atomic E-state index is 11.6. The van der Waals surface area contributed by atoms with Crippen LogP contribution < -0.4 is 4.90 Å². The fraction of sp³-hybridized carbons (Fsp3) is 0.300. The molecular formula is C10H9ClN2O3. The van der Waals surface area contributed by atoms with Gasteiger partial charge in [0.25, 0.3) is 12.5 Å². The third-order valence-corrected chi connectivity index (χ3v) is 2.74. The van der Waals surface area contributed by atoms with Gasteiger partial charge in [0, 0.05) is 22.2 Å². The quantitative estimate of drug-likeness (QED) is 0.581. The van der Waals surface area contributed by atoms with Crippen LogP contribution in [-0.2, 0) is 11.2 Å². The van der Waals surface area contributed by atoms with Crippen LogP contribution >= 0.6 is 11.6 Å². The minimum Gasteiger partial charge on any atom is -0.306 e. The second kappa shape index (κ2) is 4.09. The highest BCUT2D eigenvalue weighted by molar-refractivity contribution is 6.31. The van der Waals surface area contributed by atoms with E-state index in [2.05, 4.69) is 0 Å². The molecule has 1 heterocycles. The smallest absolute Gasteiger partial charge is 0.298 e. The van der Waals surface area contributed by atoms with Crippen LogP contribution in [0.15, 0.2) is 18.2 Å². The van der Waals surface area contributed by atoms with Gasteiger partial charge in [-0.15, -0.1) is 0 Å². The number of anilines is 1. The summed E-state index contributed by atoms with van der Waals surface area (Å²) in [4.78, 5) is 22.6. The van der Waals surface area contributed by atoms with Crippen molar-refractivity contribution in [1.29, 1.82) is 0 Å². The Morgan fingerprint density at radius 1 is 1.56 bits per heavy atom. The SMILES string of the molecule is O=C(C[N+](=O)[O-])N1CCc2ccc(Cl)cc21. The van der Waals surface area contributed by atoms with E-state index in [1.165, 1.54) is 4.90 Å². The largest absolute Gasteiger partial charge is 0.306 e. The Morgan fingerprint density at radius 2 is 2.31 bits per heavy atom. The zero-order chi connectivity index (χ0) is 11.7. The first kappa shape index (κ1) is 10.9. The molecule has 0 spiro atoms. The van der Waals surface area contributed by atoms with E-state index in [1.807, 2.05) is 6.07 Å². The first-order chi connectivity index (χ1) is 7.58. The van der Waals surface area contributed by atoms with Gasteiger partial charge in [0.05, 0.1) is 0 Å². The molecule has 1 amide bonds. The zero-order valence-corrected chi connectivity index (χ0v) is 9.11. The number of carbonyl (C=O) groups is 1. The van der Waals surface area contributed by atoms with Gasteiger partial charge in [-0.25, -0.2) is 0 Å². The molecule has 1 aliphatic rings. The van der Waals surface area contributed by atoms with E-state index in [-0.39, 0.29) is 0 Å². The van der Waals surface area contributed by atoms with E-state index < -0.39 is 17.4 Å². The van der Waals surface area contributed by atoms with Crippen molar-refractivity contribution in [3.8, 4) is 0 Å². The maximum Gasteiger partial charge on any atom is 0.298 e. The first-order valence-corrected chi connectivity index (χ1v) is 5.16. The van der Waals surface area contributed by atoms with Crippen molar-refractivity contribution in [2.24, 2.45) is 0 Å². The highest BCUT2D eigenvalue weighted by atomic mass is 35.5. The molecule has 84 valence electrons. The minimum atomic E-state index is -0.675. The Kier molecular flexibility index (Phi) is 2.78. The number of amides is 1. The molecule has 5 nitrogen and oxygen atoms in total. The van der Waals surface area contributed by atoms with E-state index in [1.54, 1.807) is 12.1 Å². The van der Waals surface area contributed by atoms with Gasteiger partial charge in [0.2, 0.25) is 0 Å². The summed E-state index contributed by atoms with van der Waals surface area (Å²) in [6.07, 6.45) is 0.718. The molecule has 1 aromatic rings. The zero-order valence-electron chi connectivity index (χ0n) is 8.35. The van der Waals surface area contributed by atoms with Crippen molar-refractivity contribution in [3.05, 3.63) is 38.9 Å². The monoisotopic (exact) mass is 240 g/mol. The van der Waals surface area contributed by atoms with Crippen molar-refractivity contribution < 1.29 is 9.72 Å². The molecule has 0 atom stereocenters. The molecule has 0 aliphatic carbocycles. The molecule has 0 aromatic heterocycles. The van der Waals surface area contributed by atoms with Crippen LogP contribution in [0, 0.1) is 10.1 Å². The molecule has 1 aliphatic heterocycles. The lowest BCUT2D eigenvalue weighted by atomic mass is 10.2. The van der Waals surface area contributed by atoms with Crippen molar-refractivity contribution in [1.82, 2.24) is 0 Å². The van der Waals surface area contributed by atoms with Crippen molar-refractivity contribution >= 4 is 23.2 Å². The first-order valence-electron chi connectivity index (χ1n) is 4.78. The van der Waals surface area contributed by atoms with Gasteiger partial charge in [0.1, 0.15) is 0 Å². The predicted molar refractivity (Wildman–Crippen MR) is 59.4 cm³/mol. The highest BCUT2D eigenvalue weighted by Gasteiger charge is 2.27. The van der Waals surface area contributed by atoms with Crippen molar-refractivity contribution in [3.63, 3.8) is 0 Å². The molecule has 16 heavy (non-hydrogen) atoms. The predicted octanol–water partition coefficient (Wildman–Crippen LogP) is 1.51. The van der Waals surface area contributed by atoms with Gasteiger partial charge in [-0.1, -0.05) is 17.7 Å². The van der Waals surface area contributed by atoms with Crippen LogP contribution in [0.3, 0.4) is 0 Å². The van der Waals surface area contributed by atoms with Gasteiger partial charge in [0.15, 0.2) is 0 Å². The van der Waals surface area contributed by atoms with Crippen molar-refractivity contribution in [2.45, 2.75) is 6.42 Å². The van der Waals surface area contributed by atoms with E-state index in [0.29, 0.717) is 17.3 Å². The van der Waals surface area contributed by atoms with E-state index >= 15 is 0 Å². The molecule has 2 rings (SSSR count). The summed E-state index contributed by atoms with van der Waals surface area (Å²) in [5.74, 6) is -0.494. The average Bonchev–Trinajstić information content (AvgIpc) is 2.59. The maximum atomic E-state index is 11.6. The summed E-state index contributed by atoms with van der Waals surface area (Å²) in [5.41, 5.74) is 1.69. The Bertz CT molecular complexity index is 461. The van der Waals surface area contributed by atoms with Crippen LogP contribution in [0.1, 0.15) is 5.56 Å². The lowest BCUT2D eigenvalue weighted by Crippen LogP contribution is -2.34. The Labute approximate surface area is 96.8 Å². The van der Waals surface area contributed by atoms with Gasteiger partial charge >= 0.3 is 0 Å². The number of carbonyl (C=O) groups excluding carboxylic acids is 1. The van der Waals surface area contributed by atoms with Crippen LogP contribution in [0.4, 0.5) is 5.69 Å². The molecule has 0 bridgehead atoms. The van der Waals surface area contributed by atoms with Gasteiger partial charge in [-0.2, -0.15) is 0 Å². The number of nitro groups is 1. The summed E-state index contributed by atoms with van der Waals surface area (Å²) in [5, 5.41) is 10.8. The number of halogens is 1. The second-order valence-corrected chi connectivity index (χ2v) is 4.00. The number of rotatable bonds is 2. The third-order valence-electron chi connectivity index (χ3n) is 2.51. The van der Waals surface area contributed by atoms with Crippen LogP contribution in [0.2, 0.25) is 5.02 Å². The standard InChI is InChI=1S/C10H9ClN2O3/c11-8-2-1-7-3-4-12(9(7)5-8)10(14)6-13(15)16/h1-2,5H,3-4,6H2. The number of nitrogens with zero attached hydrogens (tertiary/aromatic N) is 2. The van der Waals surface area contributed by atoms with E-state index in [0.717, 1.165) is 12.0 Å². The number of hydrogen-bond donors (Lipinski definition) is 0. The topological polar surface area (TPSA) is 63.4 Å². The van der Waals surface area contributed by atoms with Gasteiger partial charge in [-0.05, 0) is 24.1 Å². The lowest BCUT2D eigenvalue weighted by molar-refractivity contribution is -0.467. The molecule has 6 heteroatoms.